The van der Waals surface area contributed by atoms with Gasteiger partial charge in [-0.15, -0.1) is 9.42 Å². The van der Waals surface area contributed by atoms with Crippen LogP contribution in [0.5, 0.6) is 0 Å². The summed E-state index contributed by atoms with van der Waals surface area (Å²) in [7, 11) is -2.48. The standard InChI is InChI=1S/C9H19O3P/c1-7(2)8(12-13(10)11)6-9(3,4)5/h7-8H,6H2,1-5H3/p+1. The molecule has 0 bridgehead atoms. The van der Waals surface area contributed by atoms with Crippen LogP contribution in [0.4, 0.5) is 0 Å². The van der Waals surface area contributed by atoms with Gasteiger partial charge in [-0.1, -0.05) is 34.6 Å². The Morgan fingerprint density at radius 2 is 1.85 bits per heavy atom. The number of hydrogen-bond donors (Lipinski definition) is 1. The van der Waals surface area contributed by atoms with Crippen molar-refractivity contribution in [1.82, 2.24) is 0 Å². The molecule has 0 amide bonds. The Balaban J connectivity index is 4.19. The van der Waals surface area contributed by atoms with E-state index in [4.69, 9.17) is 9.42 Å². The van der Waals surface area contributed by atoms with Gasteiger partial charge in [0.15, 0.2) is 0 Å². The molecule has 0 aromatic heterocycles. The predicted molar refractivity (Wildman–Crippen MR) is 53.6 cm³/mol. The third-order valence-electron chi connectivity index (χ3n) is 1.78. The molecule has 0 radical (unpaired) electrons. The highest BCUT2D eigenvalue weighted by Gasteiger charge is 2.29. The third-order valence-corrected chi connectivity index (χ3v) is 2.23. The zero-order chi connectivity index (χ0) is 10.6. The minimum absolute atomic E-state index is 0.125. The molecule has 0 fully saturated rings. The zero-order valence-corrected chi connectivity index (χ0v) is 9.97. The molecule has 0 aliphatic rings. The molecule has 0 aliphatic carbocycles. The van der Waals surface area contributed by atoms with Crippen molar-refractivity contribution in [2.45, 2.75) is 47.1 Å². The van der Waals surface area contributed by atoms with E-state index in [1.807, 2.05) is 13.8 Å². The number of hydrogen-bond acceptors (Lipinski definition) is 2. The fourth-order valence-electron chi connectivity index (χ4n) is 1.11. The molecule has 4 heteroatoms. The minimum atomic E-state index is -2.48. The van der Waals surface area contributed by atoms with Crippen LogP contribution in [-0.4, -0.2) is 11.0 Å². The van der Waals surface area contributed by atoms with Crippen LogP contribution in [0.15, 0.2) is 0 Å². The highest BCUT2D eigenvalue weighted by molar-refractivity contribution is 7.32. The molecule has 3 nitrogen and oxygen atoms in total. The smallest absolute Gasteiger partial charge is 0.133 e. The van der Waals surface area contributed by atoms with Crippen molar-refractivity contribution in [2.24, 2.45) is 11.3 Å². The van der Waals surface area contributed by atoms with Gasteiger partial charge in [-0.2, -0.15) is 0 Å². The van der Waals surface area contributed by atoms with Gasteiger partial charge >= 0.3 is 8.25 Å². The number of rotatable bonds is 4. The largest absolute Gasteiger partial charge is 0.695 e. The van der Waals surface area contributed by atoms with Gasteiger partial charge in [0.25, 0.3) is 0 Å². The summed E-state index contributed by atoms with van der Waals surface area (Å²) in [5, 5.41) is 0. The molecule has 2 atom stereocenters. The Kier molecular flexibility index (Phi) is 5.05. The predicted octanol–water partition coefficient (Wildman–Crippen LogP) is 3.11. The Labute approximate surface area is 81.4 Å². The van der Waals surface area contributed by atoms with Gasteiger partial charge in [0, 0.05) is 4.57 Å². The summed E-state index contributed by atoms with van der Waals surface area (Å²) in [5.41, 5.74) is 0.125. The van der Waals surface area contributed by atoms with Crippen molar-refractivity contribution in [3.8, 4) is 0 Å². The Morgan fingerprint density at radius 1 is 1.38 bits per heavy atom. The molecule has 1 N–H and O–H groups in total. The van der Waals surface area contributed by atoms with Gasteiger partial charge in [-0.25, -0.2) is 0 Å². The van der Waals surface area contributed by atoms with Crippen molar-refractivity contribution in [3.63, 3.8) is 0 Å². The molecular formula is C9H20O3P+. The molecular weight excluding hydrogens is 187 g/mol. The maximum absolute atomic E-state index is 10.5. The minimum Gasteiger partial charge on any atom is -0.133 e. The van der Waals surface area contributed by atoms with E-state index in [2.05, 4.69) is 20.8 Å². The van der Waals surface area contributed by atoms with E-state index in [1.54, 1.807) is 0 Å². The van der Waals surface area contributed by atoms with E-state index < -0.39 is 8.25 Å². The van der Waals surface area contributed by atoms with Gasteiger partial charge in [-0.05, 0) is 17.8 Å². The normalized spacial score (nSPS) is 16.1. The quantitative estimate of drug-likeness (QED) is 0.720. The summed E-state index contributed by atoms with van der Waals surface area (Å²) < 4.78 is 15.5. The molecule has 0 aromatic carbocycles. The van der Waals surface area contributed by atoms with E-state index >= 15 is 0 Å². The molecule has 0 aliphatic heterocycles. The van der Waals surface area contributed by atoms with Crippen LogP contribution in [0.3, 0.4) is 0 Å². The maximum Gasteiger partial charge on any atom is 0.695 e. The van der Waals surface area contributed by atoms with Crippen molar-refractivity contribution >= 4 is 8.25 Å². The topological polar surface area (TPSA) is 46.5 Å². The van der Waals surface area contributed by atoms with E-state index in [9.17, 15) is 4.57 Å². The zero-order valence-electron chi connectivity index (χ0n) is 9.07. The lowest BCUT2D eigenvalue weighted by Crippen LogP contribution is -2.23. The first kappa shape index (κ1) is 13.0. The van der Waals surface area contributed by atoms with Crippen LogP contribution in [0.2, 0.25) is 0 Å². The van der Waals surface area contributed by atoms with Crippen LogP contribution in [0, 0.1) is 11.3 Å². The first-order valence-electron chi connectivity index (χ1n) is 4.55. The SMILES string of the molecule is CC(C)C(CC(C)(C)C)O[P+](=O)O. The first-order valence-corrected chi connectivity index (χ1v) is 5.68. The lowest BCUT2D eigenvalue weighted by Gasteiger charge is -2.24. The molecule has 2 unspecified atom stereocenters. The van der Waals surface area contributed by atoms with E-state index in [0.29, 0.717) is 0 Å². The third kappa shape index (κ3) is 7.12. The first-order chi connectivity index (χ1) is 5.72. The van der Waals surface area contributed by atoms with Crippen molar-refractivity contribution < 1.29 is 14.0 Å². The molecule has 13 heavy (non-hydrogen) atoms. The molecule has 0 heterocycles. The Hall–Kier alpha value is 0.0200. The molecule has 0 saturated carbocycles. The van der Waals surface area contributed by atoms with Crippen LogP contribution in [0.1, 0.15) is 41.0 Å². The van der Waals surface area contributed by atoms with Crippen molar-refractivity contribution in [1.29, 1.82) is 0 Å². The lowest BCUT2D eigenvalue weighted by atomic mass is 9.86. The molecule has 0 rings (SSSR count). The molecule has 0 spiro atoms. The van der Waals surface area contributed by atoms with Crippen LogP contribution in [-0.2, 0) is 9.09 Å². The summed E-state index contributed by atoms with van der Waals surface area (Å²) in [4.78, 5) is 8.66. The molecule has 0 saturated heterocycles. The molecule has 0 aromatic rings. The van der Waals surface area contributed by atoms with Crippen LogP contribution in [0.25, 0.3) is 0 Å². The average Bonchev–Trinajstić information content (AvgIpc) is 1.81. The van der Waals surface area contributed by atoms with Crippen LogP contribution >= 0.6 is 8.25 Å². The monoisotopic (exact) mass is 207 g/mol. The molecule has 78 valence electrons. The maximum atomic E-state index is 10.5. The fourth-order valence-corrected chi connectivity index (χ4v) is 1.66. The summed E-state index contributed by atoms with van der Waals surface area (Å²) >= 11 is 0. The fraction of sp³-hybridized carbons (Fsp3) is 1.00. The van der Waals surface area contributed by atoms with Crippen molar-refractivity contribution in [2.75, 3.05) is 0 Å². The van der Waals surface area contributed by atoms with Gasteiger partial charge in [-0.3, -0.25) is 0 Å². The second kappa shape index (κ2) is 5.04. The van der Waals surface area contributed by atoms with Gasteiger partial charge < -0.3 is 0 Å². The summed E-state index contributed by atoms with van der Waals surface area (Å²) in [6.45, 7) is 10.3. The Morgan fingerprint density at radius 3 is 2.08 bits per heavy atom. The summed E-state index contributed by atoms with van der Waals surface area (Å²) in [5.74, 6) is 0.269. The summed E-state index contributed by atoms with van der Waals surface area (Å²) in [6.07, 6.45) is 0.667. The lowest BCUT2D eigenvalue weighted by molar-refractivity contribution is 0.0984. The highest BCUT2D eigenvalue weighted by Crippen LogP contribution is 2.31. The van der Waals surface area contributed by atoms with Gasteiger partial charge in [0.2, 0.25) is 0 Å². The van der Waals surface area contributed by atoms with Crippen LogP contribution < -0.4 is 0 Å². The van der Waals surface area contributed by atoms with Gasteiger partial charge in [0.05, 0.1) is 0 Å². The second-order valence-corrected chi connectivity index (χ2v) is 5.58. The average molecular weight is 207 g/mol. The van der Waals surface area contributed by atoms with Crippen molar-refractivity contribution in [3.05, 3.63) is 0 Å². The van der Waals surface area contributed by atoms with E-state index in [0.717, 1.165) is 6.42 Å². The van der Waals surface area contributed by atoms with E-state index in [-0.39, 0.29) is 17.4 Å². The van der Waals surface area contributed by atoms with E-state index in [1.165, 1.54) is 0 Å². The summed E-state index contributed by atoms with van der Waals surface area (Å²) in [6, 6.07) is 0. The van der Waals surface area contributed by atoms with Gasteiger partial charge in [0.1, 0.15) is 6.10 Å². The second-order valence-electron chi connectivity index (χ2n) is 4.89. The highest BCUT2D eigenvalue weighted by atomic mass is 31.1. The Bertz CT molecular complexity index is 172.